The third kappa shape index (κ3) is 11.5. The topological polar surface area (TPSA) is 72.2 Å². The van der Waals surface area contributed by atoms with Gasteiger partial charge in [0.1, 0.15) is 6.04 Å². The molecule has 0 aromatic heterocycles. The van der Waals surface area contributed by atoms with E-state index in [0.29, 0.717) is 12.0 Å². The molecule has 4 heteroatoms. The summed E-state index contributed by atoms with van der Waals surface area (Å²) in [6, 6.07) is 8.35. The fourth-order valence-electron chi connectivity index (χ4n) is 3.31. The summed E-state index contributed by atoms with van der Waals surface area (Å²) in [7, 11) is 0. The van der Waals surface area contributed by atoms with Crippen LogP contribution in [0.2, 0.25) is 0 Å². The molecule has 0 heterocycles. The zero-order chi connectivity index (χ0) is 19.7. The molecule has 2 amide bonds. The van der Waals surface area contributed by atoms with Crippen molar-refractivity contribution < 1.29 is 9.59 Å². The lowest BCUT2D eigenvalue weighted by atomic mass is 10.0. The van der Waals surface area contributed by atoms with Crippen molar-refractivity contribution in [1.29, 1.82) is 0 Å². The SMILES string of the molecule is CCCCCCCCCCCCCCC(NC(=O)c1ccccc1)C(N)=O. The highest BCUT2D eigenvalue weighted by Gasteiger charge is 2.18. The van der Waals surface area contributed by atoms with Gasteiger partial charge in [-0.1, -0.05) is 102 Å². The van der Waals surface area contributed by atoms with E-state index >= 15 is 0 Å². The van der Waals surface area contributed by atoms with Gasteiger partial charge in [0.15, 0.2) is 0 Å². The Labute approximate surface area is 165 Å². The van der Waals surface area contributed by atoms with Gasteiger partial charge in [-0.2, -0.15) is 0 Å². The number of benzene rings is 1. The normalized spacial score (nSPS) is 11.9. The van der Waals surface area contributed by atoms with Crippen molar-refractivity contribution in [3.8, 4) is 0 Å². The second-order valence-corrected chi connectivity index (χ2v) is 7.47. The van der Waals surface area contributed by atoms with Crippen molar-refractivity contribution in [3.05, 3.63) is 35.9 Å². The van der Waals surface area contributed by atoms with Gasteiger partial charge >= 0.3 is 0 Å². The predicted molar refractivity (Wildman–Crippen MR) is 113 cm³/mol. The molecule has 1 atom stereocenters. The minimum absolute atomic E-state index is 0.238. The van der Waals surface area contributed by atoms with Crippen molar-refractivity contribution in [3.63, 3.8) is 0 Å². The van der Waals surface area contributed by atoms with E-state index < -0.39 is 11.9 Å². The van der Waals surface area contributed by atoms with Gasteiger partial charge in [-0.25, -0.2) is 0 Å². The first-order chi connectivity index (χ1) is 13.1. The van der Waals surface area contributed by atoms with Gasteiger partial charge in [0.2, 0.25) is 5.91 Å². The average molecular weight is 375 g/mol. The van der Waals surface area contributed by atoms with Crippen LogP contribution in [0.3, 0.4) is 0 Å². The van der Waals surface area contributed by atoms with Gasteiger partial charge in [0.05, 0.1) is 0 Å². The fourth-order valence-corrected chi connectivity index (χ4v) is 3.31. The first-order valence-corrected chi connectivity index (χ1v) is 10.8. The van der Waals surface area contributed by atoms with E-state index in [1.807, 2.05) is 6.07 Å². The van der Waals surface area contributed by atoms with E-state index in [0.717, 1.165) is 12.8 Å². The molecule has 1 aromatic rings. The molecule has 3 N–H and O–H groups in total. The summed E-state index contributed by atoms with van der Waals surface area (Å²) in [5, 5.41) is 2.76. The minimum Gasteiger partial charge on any atom is -0.368 e. The van der Waals surface area contributed by atoms with Crippen LogP contribution in [0.25, 0.3) is 0 Å². The number of primary amides is 1. The standard InChI is InChI=1S/C23H38N2O2/c1-2-3-4-5-6-7-8-9-10-11-12-16-19-21(22(24)26)25-23(27)20-17-14-13-15-18-20/h13-15,17-18,21H,2-12,16,19H2,1H3,(H2,24,26)(H,25,27). The summed E-state index contributed by atoms with van der Waals surface area (Å²) in [6.07, 6.45) is 15.9. The Morgan fingerprint density at radius 2 is 1.30 bits per heavy atom. The van der Waals surface area contributed by atoms with Gasteiger partial charge in [-0.15, -0.1) is 0 Å². The molecule has 0 spiro atoms. The zero-order valence-electron chi connectivity index (χ0n) is 17.1. The number of hydrogen-bond donors (Lipinski definition) is 2. The first kappa shape index (κ1) is 23.2. The molecule has 0 aliphatic heterocycles. The molecule has 0 aliphatic rings. The molecule has 1 aromatic carbocycles. The summed E-state index contributed by atoms with van der Waals surface area (Å²) in [5.74, 6) is -0.694. The van der Waals surface area contributed by atoms with Crippen LogP contribution in [0.15, 0.2) is 30.3 Å². The monoisotopic (exact) mass is 374 g/mol. The summed E-state index contributed by atoms with van der Waals surface area (Å²) >= 11 is 0. The van der Waals surface area contributed by atoms with Crippen LogP contribution >= 0.6 is 0 Å². The molecule has 0 saturated carbocycles. The molecule has 0 radical (unpaired) electrons. The van der Waals surface area contributed by atoms with Gasteiger partial charge in [-0.05, 0) is 18.6 Å². The molecule has 152 valence electrons. The highest BCUT2D eigenvalue weighted by Crippen LogP contribution is 2.13. The van der Waals surface area contributed by atoms with E-state index in [9.17, 15) is 9.59 Å². The van der Waals surface area contributed by atoms with E-state index in [1.54, 1.807) is 24.3 Å². The molecule has 0 bridgehead atoms. The summed E-state index contributed by atoms with van der Waals surface area (Å²) in [6.45, 7) is 2.25. The lowest BCUT2D eigenvalue weighted by Gasteiger charge is -2.15. The highest BCUT2D eigenvalue weighted by atomic mass is 16.2. The summed E-state index contributed by atoms with van der Waals surface area (Å²) in [5.41, 5.74) is 6.00. The Hall–Kier alpha value is -1.84. The Kier molecular flexibility index (Phi) is 13.1. The average Bonchev–Trinajstić information content (AvgIpc) is 2.68. The number of amides is 2. The van der Waals surface area contributed by atoms with Crippen molar-refractivity contribution in [2.24, 2.45) is 5.73 Å². The van der Waals surface area contributed by atoms with Crippen LogP contribution in [0.5, 0.6) is 0 Å². The number of nitrogens with one attached hydrogen (secondary N) is 1. The number of unbranched alkanes of at least 4 members (excludes halogenated alkanes) is 11. The number of nitrogens with two attached hydrogens (primary N) is 1. The van der Waals surface area contributed by atoms with E-state index in [4.69, 9.17) is 5.73 Å². The van der Waals surface area contributed by atoms with E-state index in [-0.39, 0.29) is 5.91 Å². The minimum atomic E-state index is -0.583. The van der Waals surface area contributed by atoms with Gasteiger partial charge < -0.3 is 11.1 Å². The number of carbonyl (C=O) groups excluding carboxylic acids is 2. The van der Waals surface area contributed by atoms with Crippen molar-refractivity contribution >= 4 is 11.8 Å². The highest BCUT2D eigenvalue weighted by molar-refractivity contribution is 5.97. The summed E-state index contributed by atoms with van der Waals surface area (Å²) in [4.78, 5) is 23.8. The van der Waals surface area contributed by atoms with E-state index in [2.05, 4.69) is 12.2 Å². The third-order valence-electron chi connectivity index (χ3n) is 5.03. The fraction of sp³-hybridized carbons (Fsp3) is 0.652. The van der Waals surface area contributed by atoms with Crippen LogP contribution < -0.4 is 11.1 Å². The summed E-state index contributed by atoms with van der Waals surface area (Å²) < 4.78 is 0. The molecule has 0 fully saturated rings. The van der Waals surface area contributed by atoms with Crippen LogP contribution in [-0.4, -0.2) is 17.9 Å². The molecule has 1 rings (SSSR count). The second kappa shape index (κ2) is 15.2. The number of rotatable bonds is 16. The third-order valence-corrected chi connectivity index (χ3v) is 5.03. The Morgan fingerprint density at radius 1 is 0.815 bits per heavy atom. The number of hydrogen-bond acceptors (Lipinski definition) is 2. The molecule has 0 saturated heterocycles. The van der Waals surface area contributed by atoms with Crippen LogP contribution in [0.1, 0.15) is 101 Å². The van der Waals surface area contributed by atoms with Crippen LogP contribution in [0.4, 0.5) is 0 Å². The Bertz CT molecular complexity index is 516. The number of carbonyl (C=O) groups is 2. The maximum absolute atomic E-state index is 12.2. The maximum atomic E-state index is 12.2. The van der Waals surface area contributed by atoms with Crippen molar-refractivity contribution in [2.45, 2.75) is 96.4 Å². The Balaban J connectivity index is 2.07. The van der Waals surface area contributed by atoms with Crippen LogP contribution in [0, 0.1) is 0 Å². The molecule has 0 aliphatic carbocycles. The lowest BCUT2D eigenvalue weighted by molar-refractivity contribution is -0.120. The second-order valence-electron chi connectivity index (χ2n) is 7.47. The zero-order valence-corrected chi connectivity index (χ0v) is 17.1. The smallest absolute Gasteiger partial charge is 0.251 e. The van der Waals surface area contributed by atoms with Crippen LogP contribution in [-0.2, 0) is 4.79 Å². The quantitative estimate of drug-likeness (QED) is 0.382. The molecule has 4 nitrogen and oxygen atoms in total. The van der Waals surface area contributed by atoms with Gasteiger partial charge in [0.25, 0.3) is 5.91 Å². The first-order valence-electron chi connectivity index (χ1n) is 10.8. The predicted octanol–water partition coefficient (Wildman–Crippen LogP) is 5.36. The Morgan fingerprint density at radius 3 is 1.78 bits per heavy atom. The molecule has 1 unspecified atom stereocenters. The van der Waals surface area contributed by atoms with E-state index in [1.165, 1.54) is 64.2 Å². The van der Waals surface area contributed by atoms with Crippen molar-refractivity contribution in [2.75, 3.05) is 0 Å². The molecular weight excluding hydrogens is 336 g/mol. The van der Waals surface area contributed by atoms with Gasteiger partial charge in [-0.3, -0.25) is 9.59 Å². The lowest BCUT2D eigenvalue weighted by Crippen LogP contribution is -2.44. The molecule has 27 heavy (non-hydrogen) atoms. The maximum Gasteiger partial charge on any atom is 0.251 e. The van der Waals surface area contributed by atoms with Gasteiger partial charge in [0, 0.05) is 5.56 Å². The van der Waals surface area contributed by atoms with Crippen molar-refractivity contribution in [1.82, 2.24) is 5.32 Å². The largest absolute Gasteiger partial charge is 0.368 e. The molecular formula is C23H38N2O2.